The van der Waals surface area contributed by atoms with E-state index in [1.54, 1.807) is 4.90 Å². The van der Waals surface area contributed by atoms with Crippen molar-refractivity contribution in [3.05, 3.63) is 29.8 Å². The Kier molecular flexibility index (Phi) is 3.79. The molecule has 2 heterocycles. The minimum absolute atomic E-state index is 0.241. The third-order valence-corrected chi connectivity index (χ3v) is 5.73. The van der Waals surface area contributed by atoms with E-state index in [0.717, 1.165) is 24.9 Å². The molecular formula is C19H25FN2O2. The lowest BCUT2D eigenvalue weighted by atomic mass is 9.81. The zero-order chi connectivity index (χ0) is 16.8. The van der Waals surface area contributed by atoms with Gasteiger partial charge in [0, 0.05) is 25.2 Å². The minimum atomic E-state index is -1.59. The smallest absolute Gasteiger partial charge is 0.260 e. The maximum atomic E-state index is 14.4. The van der Waals surface area contributed by atoms with Crippen molar-refractivity contribution in [3.63, 3.8) is 0 Å². The summed E-state index contributed by atoms with van der Waals surface area (Å²) < 4.78 is 20.5. The van der Waals surface area contributed by atoms with Crippen LogP contribution in [-0.2, 0) is 9.53 Å². The van der Waals surface area contributed by atoms with E-state index in [1.165, 1.54) is 5.56 Å². The first kappa shape index (κ1) is 15.9. The third kappa shape index (κ3) is 2.79. The number of hydrogen-bond donors (Lipinski definition) is 1. The second-order valence-electron chi connectivity index (χ2n) is 7.70. The van der Waals surface area contributed by atoms with Gasteiger partial charge in [-0.3, -0.25) is 4.79 Å². The topological polar surface area (TPSA) is 41.6 Å². The third-order valence-electron chi connectivity index (χ3n) is 5.73. The molecular weight excluding hydrogens is 307 g/mol. The van der Waals surface area contributed by atoms with E-state index in [1.807, 2.05) is 6.07 Å². The second kappa shape index (κ2) is 5.73. The summed E-state index contributed by atoms with van der Waals surface area (Å²) in [5.41, 5.74) is 0.435. The Morgan fingerprint density at radius 3 is 2.92 bits per heavy atom. The molecule has 2 unspecified atom stereocenters. The average molecular weight is 332 g/mol. The number of carbonyl (C=O) groups excluding carboxylic acids is 1. The van der Waals surface area contributed by atoms with Crippen LogP contribution < -0.4 is 5.32 Å². The average Bonchev–Trinajstić information content (AvgIpc) is 3.12. The van der Waals surface area contributed by atoms with Gasteiger partial charge in [-0.15, -0.1) is 0 Å². The molecule has 3 fully saturated rings. The van der Waals surface area contributed by atoms with Crippen molar-refractivity contribution in [2.24, 2.45) is 0 Å². The predicted octanol–water partition coefficient (Wildman–Crippen LogP) is 3.06. The number of amides is 1. The van der Waals surface area contributed by atoms with E-state index in [2.05, 4.69) is 30.4 Å². The van der Waals surface area contributed by atoms with Gasteiger partial charge >= 0.3 is 0 Å². The highest BCUT2D eigenvalue weighted by molar-refractivity contribution is 5.86. The van der Waals surface area contributed by atoms with E-state index in [-0.39, 0.29) is 17.6 Å². The Morgan fingerprint density at radius 2 is 2.21 bits per heavy atom. The van der Waals surface area contributed by atoms with Crippen molar-refractivity contribution >= 4 is 11.6 Å². The Labute approximate surface area is 142 Å². The van der Waals surface area contributed by atoms with Crippen LogP contribution in [0, 0.1) is 6.92 Å². The van der Waals surface area contributed by atoms with Crippen LogP contribution in [0.2, 0.25) is 0 Å². The number of aryl methyl sites for hydroxylation is 1. The molecule has 5 heteroatoms. The lowest BCUT2D eigenvalue weighted by molar-refractivity contribution is -0.149. The van der Waals surface area contributed by atoms with Gasteiger partial charge in [0.05, 0.1) is 18.2 Å². The van der Waals surface area contributed by atoms with E-state index in [4.69, 9.17) is 4.74 Å². The van der Waals surface area contributed by atoms with Gasteiger partial charge in [0.2, 0.25) is 0 Å². The number of nitrogens with one attached hydrogen (secondary N) is 1. The maximum Gasteiger partial charge on any atom is 0.260 e. The van der Waals surface area contributed by atoms with Crippen molar-refractivity contribution in [3.8, 4) is 0 Å². The zero-order valence-electron chi connectivity index (χ0n) is 14.2. The number of nitrogens with zero attached hydrogens (tertiary/aromatic N) is 1. The summed E-state index contributed by atoms with van der Waals surface area (Å²) in [4.78, 5) is 14.1. The van der Waals surface area contributed by atoms with Crippen LogP contribution in [0.15, 0.2) is 24.3 Å². The number of ether oxygens (including phenoxy) is 1. The van der Waals surface area contributed by atoms with Crippen LogP contribution in [0.4, 0.5) is 10.1 Å². The first-order chi connectivity index (χ1) is 11.5. The van der Waals surface area contributed by atoms with E-state index in [0.29, 0.717) is 32.5 Å². The molecule has 4 rings (SSSR count). The lowest BCUT2D eigenvalue weighted by Crippen LogP contribution is -2.50. The lowest BCUT2D eigenvalue weighted by Gasteiger charge is -2.36. The number of carbonyl (C=O) groups is 1. The molecule has 130 valence electrons. The Hall–Kier alpha value is -1.62. The number of likely N-dealkylation sites (tertiary alicyclic amines) is 1. The molecule has 0 radical (unpaired) electrons. The molecule has 1 saturated carbocycles. The first-order valence-corrected chi connectivity index (χ1v) is 8.94. The van der Waals surface area contributed by atoms with Crippen molar-refractivity contribution in [1.29, 1.82) is 0 Å². The molecule has 2 atom stereocenters. The summed E-state index contributed by atoms with van der Waals surface area (Å²) in [6.45, 7) is 3.85. The van der Waals surface area contributed by atoms with Gasteiger partial charge in [-0.1, -0.05) is 12.1 Å². The number of halogens is 1. The van der Waals surface area contributed by atoms with E-state index >= 15 is 0 Å². The fourth-order valence-corrected chi connectivity index (χ4v) is 4.19. The largest absolute Gasteiger partial charge is 0.380 e. The van der Waals surface area contributed by atoms with Crippen LogP contribution in [0.25, 0.3) is 0 Å². The first-order valence-electron chi connectivity index (χ1n) is 8.94. The van der Waals surface area contributed by atoms with Crippen LogP contribution in [0.1, 0.15) is 37.7 Å². The molecule has 2 saturated heterocycles. The van der Waals surface area contributed by atoms with Crippen molar-refractivity contribution in [1.82, 2.24) is 4.90 Å². The molecule has 1 aromatic rings. The van der Waals surface area contributed by atoms with Crippen LogP contribution in [0.5, 0.6) is 0 Å². The van der Waals surface area contributed by atoms with Gasteiger partial charge in [-0.2, -0.15) is 0 Å². The summed E-state index contributed by atoms with van der Waals surface area (Å²) in [5.74, 6) is -0.315. The van der Waals surface area contributed by atoms with Crippen LogP contribution >= 0.6 is 0 Å². The van der Waals surface area contributed by atoms with Gasteiger partial charge in [-0.05, 0) is 50.3 Å². The number of hydrogen-bond acceptors (Lipinski definition) is 3. The molecule has 0 aromatic heterocycles. The van der Waals surface area contributed by atoms with Gasteiger partial charge in [-0.25, -0.2) is 4.39 Å². The quantitative estimate of drug-likeness (QED) is 0.925. The number of benzene rings is 1. The number of alkyl halides is 1. The Balaban J connectivity index is 1.37. The normalized spacial score (nSPS) is 31.2. The predicted molar refractivity (Wildman–Crippen MR) is 90.8 cm³/mol. The van der Waals surface area contributed by atoms with Crippen molar-refractivity contribution < 1.29 is 13.9 Å². The van der Waals surface area contributed by atoms with E-state index < -0.39 is 5.67 Å². The summed E-state index contributed by atoms with van der Waals surface area (Å²) in [6, 6.07) is 8.54. The molecule has 0 bridgehead atoms. The van der Waals surface area contributed by atoms with Crippen LogP contribution in [-0.4, -0.2) is 47.8 Å². The highest BCUT2D eigenvalue weighted by atomic mass is 19.1. The summed E-state index contributed by atoms with van der Waals surface area (Å²) in [5, 5.41) is 3.53. The molecule has 1 spiro atoms. The minimum Gasteiger partial charge on any atom is -0.380 e. The molecule has 1 aromatic carbocycles. The standard InChI is InChI=1S/C19H25FN2O2/c1-14-4-2-5-15(10-14)21-16-11-18(24-12-16)8-9-22(13-18)17(23)19(20)6-3-7-19/h2,4-5,10,16,21H,3,6-9,11-13H2,1H3. The van der Waals surface area contributed by atoms with Crippen LogP contribution in [0.3, 0.4) is 0 Å². The Bertz CT molecular complexity index is 646. The molecule has 4 nitrogen and oxygen atoms in total. The maximum absolute atomic E-state index is 14.4. The summed E-state index contributed by atoms with van der Waals surface area (Å²) in [6.07, 6.45) is 3.26. The fraction of sp³-hybridized carbons (Fsp3) is 0.632. The number of rotatable bonds is 3. The van der Waals surface area contributed by atoms with Gasteiger partial charge in [0.1, 0.15) is 0 Å². The summed E-state index contributed by atoms with van der Waals surface area (Å²) >= 11 is 0. The highest BCUT2D eigenvalue weighted by Crippen LogP contribution is 2.41. The second-order valence-corrected chi connectivity index (χ2v) is 7.70. The van der Waals surface area contributed by atoms with Gasteiger partial charge in [0.25, 0.3) is 5.91 Å². The molecule has 1 aliphatic carbocycles. The van der Waals surface area contributed by atoms with E-state index in [9.17, 15) is 9.18 Å². The van der Waals surface area contributed by atoms with Gasteiger partial charge < -0.3 is 15.0 Å². The van der Waals surface area contributed by atoms with Crippen molar-refractivity contribution in [2.75, 3.05) is 25.0 Å². The monoisotopic (exact) mass is 332 g/mol. The SMILES string of the molecule is Cc1cccc(NC2COC3(CCN(C(=O)C4(F)CCC4)C3)C2)c1. The summed E-state index contributed by atoms with van der Waals surface area (Å²) in [7, 11) is 0. The molecule has 1 N–H and O–H groups in total. The number of anilines is 1. The molecule has 24 heavy (non-hydrogen) atoms. The zero-order valence-corrected chi connectivity index (χ0v) is 14.2. The highest BCUT2D eigenvalue weighted by Gasteiger charge is 2.52. The fourth-order valence-electron chi connectivity index (χ4n) is 4.19. The Morgan fingerprint density at radius 1 is 1.38 bits per heavy atom. The van der Waals surface area contributed by atoms with Gasteiger partial charge in [0.15, 0.2) is 5.67 Å². The molecule has 1 amide bonds. The molecule has 2 aliphatic heterocycles. The molecule has 3 aliphatic rings. The van der Waals surface area contributed by atoms with Crippen molar-refractivity contribution in [2.45, 2.75) is 56.3 Å².